The summed E-state index contributed by atoms with van der Waals surface area (Å²) in [5.74, 6) is -0.00738. The molecule has 0 rings (SSSR count). The molecule has 2 unspecified atom stereocenters. The summed E-state index contributed by atoms with van der Waals surface area (Å²) in [6.07, 6.45) is 78.6. The van der Waals surface area contributed by atoms with Crippen LogP contribution in [0.2, 0.25) is 0 Å². The van der Waals surface area contributed by atoms with Crippen molar-refractivity contribution in [2.45, 2.75) is 418 Å². The van der Waals surface area contributed by atoms with E-state index in [0.717, 1.165) is 38.5 Å². The number of unbranched alkanes of at least 4 members (excludes halogenated alkanes) is 55. The quantitative estimate of drug-likeness (QED) is 0.0417. The SMILES string of the molecule is CCCCCCCCCCCCCCCCCCCCC(=O)OCCCCCCCCCCCCCCCCCCCCCCCCCCCC(=O)NC(CO)C(O)CCCCCCCCCCCCCCCCC. The van der Waals surface area contributed by atoms with E-state index in [1.807, 2.05) is 0 Å². The van der Waals surface area contributed by atoms with Gasteiger partial charge in [-0.1, -0.05) is 367 Å². The lowest BCUT2D eigenvalue weighted by Crippen LogP contribution is -2.45. The standard InChI is InChI=1S/C69H137NO5/c1-3-5-7-9-11-13-15-17-19-20-31-35-39-43-47-51-55-59-63-69(74)75-64-60-56-52-48-44-40-36-32-29-27-25-23-21-22-24-26-28-30-34-38-42-46-50-54-58-62-68(73)70-66(65-71)67(72)61-57-53-49-45-41-37-33-18-16-14-12-10-8-6-4-2/h66-67,71-72H,3-65H2,1-2H3,(H,70,73). The van der Waals surface area contributed by atoms with Gasteiger partial charge in [0.15, 0.2) is 0 Å². The minimum Gasteiger partial charge on any atom is -0.466 e. The van der Waals surface area contributed by atoms with Crippen molar-refractivity contribution >= 4 is 11.9 Å². The number of amides is 1. The van der Waals surface area contributed by atoms with Gasteiger partial charge in [0.25, 0.3) is 0 Å². The van der Waals surface area contributed by atoms with Crippen molar-refractivity contribution in [1.82, 2.24) is 5.32 Å². The van der Waals surface area contributed by atoms with Gasteiger partial charge in [-0.05, 0) is 25.7 Å². The van der Waals surface area contributed by atoms with E-state index < -0.39 is 12.1 Å². The van der Waals surface area contributed by atoms with E-state index in [4.69, 9.17) is 4.74 Å². The Hall–Kier alpha value is -1.14. The van der Waals surface area contributed by atoms with Crippen molar-refractivity contribution in [2.75, 3.05) is 13.2 Å². The number of rotatable bonds is 66. The summed E-state index contributed by atoms with van der Waals surface area (Å²) in [7, 11) is 0. The number of nitrogens with one attached hydrogen (secondary N) is 1. The smallest absolute Gasteiger partial charge is 0.305 e. The zero-order valence-electron chi connectivity index (χ0n) is 51.3. The molecule has 75 heavy (non-hydrogen) atoms. The highest BCUT2D eigenvalue weighted by Crippen LogP contribution is 2.19. The van der Waals surface area contributed by atoms with Gasteiger partial charge in [0.2, 0.25) is 5.91 Å². The van der Waals surface area contributed by atoms with Gasteiger partial charge in [-0.25, -0.2) is 0 Å². The molecule has 0 aliphatic heterocycles. The highest BCUT2D eigenvalue weighted by molar-refractivity contribution is 5.76. The summed E-state index contributed by atoms with van der Waals surface area (Å²) < 4.78 is 5.51. The molecule has 0 heterocycles. The Kier molecular flexibility index (Phi) is 64.4. The molecule has 0 aliphatic rings. The molecular weight excluding hydrogens is 923 g/mol. The second-order valence-electron chi connectivity index (χ2n) is 24.2. The zero-order valence-corrected chi connectivity index (χ0v) is 51.3. The van der Waals surface area contributed by atoms with Gasteiger partial charge in [-0.3, -0.25) is 9.59 Å². The maximum Gasteiger partial charge on any atom is 0.305 e. The molecule has 3 N–H and O–H groups in total. The summed E-state index contributed by atoms with van der Waals surface area (Å²) in [6, 6.07) is -0.539. The van der Waals surface area contributed by atoms with Crippen LogP contribution in [-0.4, -0.2) is 47.4 Å². The van der Waals surface area contributed by atoms with Crippen molar-refractivity contribution in [1.29, 1.82) is 0 Å². The molecule has 6 nitrogen and oxygen atoms in total. The minimum absolute atomic E-state index is 0.0221. The normalized spacial score (nSPS) is 12.4. The number of ether oxygens (including phenoxy) is 1. The van der Waals surface area contributed by atoms with Crippen molar-refractivity contribution in [3.63, 3.8) is 0 Å². The van der Waals surface area contributed by atoms with Crippen LogP contribution in [0.25, 0.3) is 0 Å². The van der Waals surface area contributed by atoms with Gasteiger partial charge in [-0.15, -0.1) is 0 Å². The van der Waals surface area contributed by atoms with E-state index in [0.29, 0.717) is 25.9 Å². The largest absolute Gasteiger partial charge is 0.466 e. The summed E-state index contributed by atoms with van der Waals surface area (Å²) in [6.45, 7) is 5.00. The summed E-state index contributed by atoms with van der Waals surface area (Å²) in [5, 5.41) is 23.3. The van der Waals surface area contributed by atoms with Crippen molar-refractivity contribution in [3.05, 3.63) is 0 Å². The molecule has 0 aromatic heterocycles. The van der Waals surface area contributed by atoms with Gasteiger partial charge in [0, 0.05) is 12.8 Å². The van der Waals surface area contributed by atoms with Crippen molar-refractivity contribution in [2.24, 2.45) is 0 Å². The Labute approximate surface area is 470 Å². The monoisotopic (exact) mass is 1060 g/mol. The highest BCUT2D eigenvalue weighted by atomic mass is 16.5. The lowest BCUT2D eigenvalue weighted by molar-refractivity contribution is -0.143. The highest BCUT2D eigenvalue weighted by Gasteiger charge is 2.20. The summed E-state index contributed by atoms with van der Waals surface area (Å²) >= 11 is 0. The van der Waals surface area contributed by atoms with E-state index in [2.05, 4.69) is 19.2 Å². The fourth-order valence-electron chi connectivity index (χ4n) is 11.4. The second kappa shape index (κ2) is 65.4. The van der Waals surface area contributed by atoms with E-state index >= 15 is 0 Å². The number of hydrogen-bond acceptors (Lipinski definition) is 5. The van der Waals surface area contributed by atoms with Crippen LogP contribution in [0.4, 0.5) is 0 Å². The summed E-state index contributed by atoms with van der Waals surface area (Å²) in [5.41, 5.74) is 0. The van der Waals surface area contributed by atoms with Crippen LogP contribution >= 0.6 is 0 Å². The lowest BCUT2D eigenvalue weighted by Gasteiger charge is -2.22. The molecular formula is C69H137NO5. The molecule has 0 bridgehead atoms. The molecule has 0 aromatic carbocycles. The fourth-order valence-corrected chi connectivity index (χ4v) is 11.4. The van der Waals surface area contributed by atoms with Crippen LogP contribution in [0.1, 0.15) is 406 Å². The first-order valence-corrected chi connectivity index (χ1v) is 34.8. The van der Waals surface area contributed by atoms with Crippen LogP contribution in [-0.2, 0) is 14.3 Å². The average Bonchev–Trinajstić information content (AvgIpc) is 3.41. The number of aliphatic hydroxyl groups is 2. The first-order chi connectivity index (χ1) is 37.0. The van der Waals surface area contributed by atoms with E-state index in [1.54, 1.807) is 0 Å². The first-order valence-electron chi connectivity index (χ1n) is 34.8. The van der Waals surface area contributed by atoms with E-state index in [9.17, 15) is 19.8 Å². The van der Waals surface area contributed by atoms with Gasteiger partial charge >= 0.3 is 5.97 Å². The predicted octanol–water partition coefficient (Wildman–Crippen LogP) is 22.2. The van der Waals surface area contributed by atoms with Gasteiger partial charge in [0.1, 0.15) is 0 Å². The van der Waals surface area contributed by atoms with Gasteiger partial charge in [0.05, 0.1) is 25.4 Å². The Balaban J connectivity index is 3.32. The Bertz CT molecular complexity index is 1080. The Morgan fingerprint density at radius 3 is 0.813 bits per heavy atom. The van der Waals surface area contributed by atoms with Crippen LogP contribution in [0.15, 0.2) is 0 Å². The molecule has 0 aromatic rings. The van der Waals surface area contributed by atoms with Gasteiger partial charge in [-0.2, -0.15) is 0 Å². The third-order valence-electron chi connectivity index (χ3n) is 16.7. The second-order valence-corrected chi connectivity index (χ2v) is 24.2. The molecule has 0 radical (unpaired) electrons. The Morgan fingerprint density at radius 1 is 0.320 bits per heavy atom. The Morgan fingerprint density at radius 2 is 0.547 bits per heavy atom. The molecule has 2 atom stereocenters. The third-order valence-corrected chi connectivity index (χ3v) is 16.7. The van der Waals surface area contributed by atoms with Crippen LogP contribution in [0.5, 0.6) is 0 Å². The van der Waals surface area contributed by atoms with Crippen LogP contribution in [0.3, 0.4) is 0 Å². The molecule has 0 fully saturated rings. The molecule has 0 aliphatic carbocycles. The predicted molar refractivity (Wildman–Crippen MR) is 329 cm³/mol. The molecule has 0 saturated heterocycles. The molecule has 448 valence electrons. The van der Waals surface area contributed by atoms with E-state index in [-0.39, 0.29) is 18.5 Å². The number of esters is 1. The maximum atomic E-state index is 12.5. The number of aliphatic hydroxyl groups excluding tert-OH is 2. The molecule has 0 spiro atoms. The van der Waals surface area contributed by atoms with Crippen LogP contribution < -0.4 is 5.32 Å². The third kappa shape index (κ3) is 61.9. The minimum atomic E-state index is -0.662. The summed E-state index contributed by atoms with van der Waals surface area (Å²) in [4.78, 5) is 24.6. The van der Waals surface area contributed by atoms with Crippen molar-refractivity contribution < 1.29 is 24.5 Å². The number of carbonyl (C=O) groups excluding carboxylic acids is 2. The lowest BCUT2D eigenvalue weighted by atomic mass is 10.0. The molecule has 1 amide bonds. The van der Waals surface area contributed by atoms with Crippen LogP contribution in [0, 0.1) is 0 Å². The average molecular weight is 1060 g/mol. The fraction of sp³-hybridized carbons (Fsp3) is 0.971. The topological polar surface area (TPSA) is 95.9 Å². The molecule has 6 heteroatoms. The first kappa shape index (κ1) is 73.9. The van der Waals surface area contributed by atoms with Crippen molar-refractivity contribution in [3.8, 4) is 0 Å². The number of carbonyl (C=O) groups is 2. The number of hydrogen-bond donors (Lipinski definition) is 3. The van der Waals surface area contributed by atoms with E-state index in [1.165, 1.54) is 334 Å². The zero-order chi connectivity index (χ0) is 54.3. The maximum absolute atomic E-state index is 12.5. The molecule has 0 saturated carbocycles. The van der Waals surface area contributed by atoms with Gasteiger partial charge < -0.3 is 20.3 Å².